The van der Waals surface area contributed by atoms with Gasteiger partial charge in [0.15, 0.2) is 0 Å². The van der Waals surface area contributed by atoms with E-state index < -0.39 is 18.2 Å². The van der Waals surface area contributed by atoms with Crippen LogP contribution >= 0.6 is 0 Å². The zero-order valence-electron chi connectivity index (χ0n) is 11.0. The van der Waals surface area contributed by atoms with E-state index in [0.717, 1.165) is 10.5 Å². The van der Waals surface area contributed by atoms with Gasteiger partial charge in [-0.15, -0.1) is 0 Å². The molecule has 2 amide bonds. The molecule has 1 aromatic carbocycles. The normalized spacial score (nSPS) is 24.7. The molecule has 2 aliphatic heterocycles. The maximum absolute atomic E-state index is 12.6. The second-order valence-electron chi connectivity index (χ2n) is 5.26. The Bertz CT molecular complexity index is 576. The molecule has 5 nitrogen and oxygen atoms in total. The number of carbonyl (C=O) groups is 1. The SMILES string of the molecule is Nc1ccc2c(c1)OC(CN1C[C@@H](C(F)(F)F)NC1=O)C2. The molecule has 114 valence electrons. The summed E-state index contributed by atoms with van der Waals surface area (Å²) in [5.41, 5.74) is 7.15. The number of fused-ring (bicyclic) bond motifs is 1. The van der Waals surface area contributed by atoms with Gasteiger partial charge in [0, 0.05) is 18.2 Å². The molecule has 2 heterocycles. The number of rotatable bonds is 2. The molecule has 2 atom stereocenters. The van der Waals surface area contributed by atoms with Crippen LogP contribution in [0.2, 0.25) is 0 Å². The highest BCUT2D eigenvalue weighted by molar-refractivity contribution is 5.77. The zero-order valence-corrected chi connectivity index (χ0v) is 11.0. The highest BCUT2D eigenvalue weighted by Crippen LogP contribution is 2.31. The third-order valence-electron chi connectivity index (χ3n) is 3.64. The molecule has 1 aromatic rings. The summed E-state index contributed by atoms with van der Waals surface area (Å²) in [6.07, 6.45) is -4.23. The second kappa shape index (κ2) is 4.71. The van der Waals surface area contributed by atoms with Crippen LogP contribution < -0.4 is 15.8 Å². The Labute approximate surface area is 118 Å². The van der Waals surface area contributed by atoms with Crippen molar-refractivity contribution in [3.63, 3.8) is 0 Å². The van der Waals surface area contributed by atoms with E-state index in [1.807, 2.05) is 11.4 Å². The van der Waals surface area contributed by atoms with Gasteiger partial charge in [0.25, 0.3) is 0 Å². The van der Waals surface area contributed by atoms with E-state index in [1.54, 1.807) is 12.1 Å². The van der Waals surface area contributed by atoms with Crippen LogP contribution in [0, 0.1) is 0 Å². The summed E-state index contributed by atoms with van der Waals surface area (Å²) in [5, 5.41) is 1.93. The molecule has 0 aliphatic carbocycles. The minimum Gasteiger partial charge on any atom is -0.488 e. The van der Waals surface area contributed by atoms with Crippen molar-refractivity contribution >= 4 is 11.7 Å². The third-order valence-corrected chi connectivity index (χ3v) is 3.64. The topological polar surface area (TPSA) is 67.6 Å². The molecular formula is C13H14F3N3O2. The molecule has 2 aliphatic rings. The fourth-order valence-corrected chi connectivity index (χ4v) is 2.60. The number of nitrogens with one attached hydrogen (secondary N) is 1. The first-order valence-electron chi connectivity index (χ1n) is 6.50. The van der Waals surface area contributed by atoms with E-state index in [2.05, 4.69) is 0 Å². The van der Waals surface area contributed by atoms with Crippen molar-refractivity contribution in [2.24, 2.45) is 0 Å². The standard InChI is InChI=1S/C13H14F3N3O2/c14-13(15,16)11-6-19(12(20)18-11)5-9-3-7-1-2-8(17)4-10(7)21-9/h1-2,4,9,11H,3,5-6,17H2,(H,18,20)/t9?,11-/m0/s1. The molecule has 0 aromatic heterocycles. The Morgan fingerprint density at radius 3 is 2.86 bits per heavy atom. The number of hydrogen-bond acceptors (Lipinski definition) is 3. The maximum Gasteiger partial charge on any atom is 0.410 e. The van der Waals surface area contributed by atoms with Crippen LogP contribution in [-0.4, -0.2) is 42.3 Å². The van der Waals surface area contributed by atoms with E-state index in [-0.39, 0.29) is 19.2 Å². The van der Waals surface area contributed by atoms with Crippen molar-refractivity contribution < 1.29 is 22.7 Å². The zero-order chi connectivity index (χ0) is 15.2. The number of ether oxygens (including phenoxy) is 1. The van der Waals surface area contributed by atoms with Crippen LogP contribution in [0.5, 0.6) is 5.75 Å². The summed E-state index contributed by atoms with van der Waals surface area (Å²) < 4.78 is 43.4. The van der Waals surface area contributed by atoms with Gasteiger partial charge < -0.3 is 20.7 Å². The quantitative estimate of drug-likeness (QED) is 0.814. The average molecular weight is 301 g/mol. The number of halogens is 3. The molecule has 0 radical (unpaired) electrons. The van der Waals surface area contributed by atoms with Crippen LogP contribution in [0.3, 0.4) is 0 Å². The minimum atomic E-state index is -4.43. The number of nitrogen functional groups attached to an aromatic ring is 1. The number of nitrogens with two attached hydrogens (primary N) is 1. The predicted octanol–water partition coefficient (Wildman–Crippen LogP) is 1.53. The maximum atomic E-state index is 12.6. The molecule has 3 rings (SSSR count). The fourth-order valence-electron chi connectivity index (χ4n) is 2.60. The minimum absolute atomic E-state index is 0.118. The van der Waals surface area contributed by atoms with Gasteiger partial charge in [-0.3, -0.25) is 0 Å². The molecule has 0 bridgehead atoms. The average Bonchev–Trinajstić information content (AvgIpc) is 2.93. The number of hydrogen-bond donors (Lipinski definition) is 2. The van der Waals surface area contributed by atoms with Gasteiger partial charge in [-0.1, -0.05) is 6.07 Å². The summed E-state index contributed by atoms with van der Waals surface area (Å²) in [6.45, 7) is -0.270. The smallest absolute Gasteiger partial charge is 0.410 e. The van der Waals surface area contributed by atoms with E-state index in [0.29, 0.717) is 17.9 Å². The molecule has 8 heteroatoms. The van der Waals surface area contributed by atoms with E-state index in [4.69, 9.17) is 10.5 Å². The lowest BCUT2D eigenvalue weighted by Crippen LogP contribution is -2.40. The van der Waals surface area contributed by atoms with E-state index in [9.17, 15) is 18.0 Å². The summed E-state index contributed by atoms with van der Waals surface area (Å²) >= 11 is 0. The Morgan fingerprint density at radius 2 is 2.19 bits per heavy atom. The summed E-state index contributed by atoms with van der Waals surface area (Å²) in [6, 6.07) is 2.72. The van der Waals surface area contributed by atoms with Gasteiger partial charge in [0.1, 0.15) is 17.9 Å². The molecule has 3 N–H and O–H groups in total. The molecule has 0 spiro atoms. The number of anilines is 1. The largest absolute Gasteiger partial charge is 0.488 e. The van der Waals surface area contributed by atoms with Gasteiger partial charge in [-0.2, -0.15) is 13.2 Å². The Kier molecular flexibility index (Phi) is 3.11. The van der Waals surface area contributed by atoms with Crippen molar-refractivity contribution in [3.8, 4) is 5.75 Å². The molecule has 1 fully saturated rings. The van der Waals surface area contributed by atoms with Crippen molar-refractivity contribution in [1.82, 2.24) is 10.2 Å². The number of urea groups is 1. The first-order valence-corrected chi connectivity index (χ1v) is 6.50. The number of carbonyl (C=O) groups excluding carboxylic acids is 1. The summed E-state index contributed by atoms with van der Waals surface area (Å²) in [4.78, 5) is 12.7. The Morgan fingerprint density at radius 1 is 1.43 bits per heavy atom. The van der Waals surface area contributed by atoms with Crippen molar-refractivity contribution in [1.29, 1.82) is 0 Å². The number of amides is 2. The lowest BCUT2D eigenvalue weighted by Gasteiger charge is -2.19. The lowest BCUT2D eigenvalue weighted by atomic mass is 10.1. The van der Waals surface area contributed by atoms with Crippen molar-refractivity contribution in [2.75, 3.05) is 18.8 Å². The fraction of sp³-hybridized carbons (Fsp3) is 0.462. The highest BCUT2D eigenvalue weighted by Gasteiger charge is 2.47. The number of alkyl halides is 3. The Balaban J connectivity index is 1.63. The van der Waals surface area contributed by atoms with Crippen molar-refractivity contribution in [3.05, 3.63) is 23.8 Å². The van der Waals surface area contributed by atoms with Gasteiger partial charge in [-0.25, -0.2) is 4.79 Å². The van der Waals surface area contributed by atoms with Crippen LogP contribution in [0.4, 0.5) is 23.7 Å². The first-order chi connectivity index (χ1) is 9.83. The molecule has 1 saturated heterocycles. The van der Waals surface area contributed by atoms with Gasteiger partial charge in [-0.05, 0) is 11.6 Å². The molecular weight excluding hydrogens is 287 g/mol. The van der Waals surface area contributed by atoms with Gasteiger partial charge in [0.2, 0.25) is 0 Å². The van der Waals surface area contributed by atoms with Crippen LogP contribution in [-0.2, 0) is 6.42 Å². The Hall–Kier alpha value is -2.12. The second-order valence-corrected chi connectivity index (χ2v) is 5.26. The molecule has 21 heavy (non-hydrogen) atoms. The lowest BCUT2D eigenvalue weighted by molar-refractivity contribution is -0.150. The number of nitrogens with zero attached hydrogens (tertiary/aromatic N) is 1. The summed E-state index contributed by atoms with van der Waals surface area (Å²) in [5.74, 6) is 0.631. The van der Waals surface area contributed by atoms with Crippen LogP contribution in [0.15, 0.2) is 18.2 Å². The van der Waals surface area contributed by atoms with E-state index >= 15 is 0 Å². The highest BCUT2D eigenvalue weighted by atomic mass is 19.4. The third kappa shape index (κ3) is 2.70. The monoisotopic (exact) mass is 301 g/mol. The van der Waals surface area contributed by atoms with Crippen LogP contribution in [0.25, 0.3) is 0 Å². The molecule has 1 unspecified atom stereocenters. The molecule has 0 saturated carbocycles. The summed E-state index contributed by atoms with van der Waals surface area (Å²) in [7, 11) is 0. The van der Waals surface area contributed by atoms with Gasteiger partial charge in [0.05, 0.1) is 13.1 Å². The first kappa shape index (κ1) is 13.8. The number of benzene rings is 1. The van der Waals surface area contributed by atoms with Gasteiger partial charge >= 0.3 is 12.2 Å². The van der Waals surface area contributed by atoms with Crippen LogP contribution in [0.1, 0.15) is 5.56 Å². The van der Waals surface area contributed by atoms with E-state index in [1.165, 1.54) is 0 Å². The van der Waals surface area contributed by atoms with Crippen molar-refractivity contribution in [2.45, 2.75) is 24.7 Å². The predicted molar refractivity (Wildman–Crippen MR) is 68.9 cm³/mol.